The standard InChI is InChI=1S/C10H8ClFN2O/c1-2-8-13-9-6(10(15)14-8)3-5(12)4-7(9)11/h3-4H,2H2,1H3,(H,13,14,15). The van der Waals surface area contributed by atoms with Crippen LogP contribution in [0.4, 0.5) is 4.39 Å². The molecule has 1 N–H and O–H groups in total. The van der Waals surface area contributed by atoms with Crippen LogP contribution in [0.2, 0.25) is 5.02 Å². The third-order valence-corrected chi connectivity index (χ3v) is 2.40. The van der Waals surface area contributed by atoms with E-state index in [1.165, 1.54) is 0 Å². The lowest BCUT2D eigenvalue weighted by molar-refractivity contribution is 0.629. The molecule has 2 aromatic rings. The first-order valence-electron chi connectivity index (χ1n) is 4.49. The van der Waals surface area contributed by atoms with Gasteiger partial charge in [0.25, 0.3) is 5.56 Å². The van der Waals surface area contributed by atoms with Crippen molar-refractivity contribution >= 4 is 22.5 Å². The summed E-state index contributed by atoms with van der Waals surface area (Å²) in [6.45, 7) is 1.86. The largest absolute Gasteiger partial charge is 0.310 e. The Bertz CT molecular complexity index is 579. The van der Waals surface area contributed by atoms with Crippen molar-refractivity contribution in [2.24, 2.45) is 0 Å². The van der Waals surface area contributed by atoms with Crippen molar-refractivity contribution in [3.8, 4) is 0 Å². The van der Waals surface area contributed by atoms with Gasteiger partial charge in [0.1, 0.15) is 11.6 Å². The summed E-state index contributed by atoms with van der Waals surface area (Å²) in [5, 5.41) is 0.336. The van der Waals surface area contributed by atoms with Crippen molar-refractivity contribution < 1.29 is 4.39 Å². The van der Waals surface area contributed by atoms with E-state index in [0.29, 0.717) is 17.8 Å². The van der Waals surface area contributed by atoms with E-state index < -0.39 is 5.82 Å². The lowest BCUT2D eigenvalue weighted by atomic mass is 10.2. The van der Waals surface area contributed by atoms with Gasteiger partial charge in [0.2, 0.25) is 0 Å². The highest BCUT2D eigenvalue weighted by Crippen LogP contribution is 2.20. The number of aromatic nitrogens is 2. The maximum absolute atomic E-state index is 13.0. The Labute approximate surface area is 89.9 Å². The van der Waals surface area contributed by atoms with E-state index in [9.17, 15) is 9.18 Å². The molecule has 15 heavy (non-hydrogen) atoms. The molecule has 0 saturated heterocycles. The quantitative estimate of drug-likeness (QED) is 0.811. The van der Waals surface area contributed by atoms with Crippen molar-refractivity contribution in [2.75, 3.05) is 0 Å². The highest BCUT2D eigenvalue weighted by Gasteiger charge is 2.08. The molecule has 1 aromatic carbocycles. The lowest BCUT2D eigenvalue weighted by Crippen LogP contribution is -2.11. The van der Waals surface area contributed by atoms with E-state index in [1.807, 2.05) is 6.92 Å². The minimum absolute atomic E-state index is 0.158. The van der Waals surface area contributed by atoms with Gasteiger partial charge in [-0.1, -0.05) is 18.5 Å². The van der Waals surface area contributed by atoms with E-state index in [-0.39, 0.29) is 16.0 Å². The number of aryl methyl sites for hydroxylation is 1. The molecule has 1 aromatic heterocycles. The van der Waals surface area contributed by atoms with Crippen LogP contribution >= 0.6 is 11.6 Å². The molecule has 0 aliphatic rings. The van der Waals surface area contributed by atoms with Gasteiger partial charge in [-0.05, 0) is 12.1 Å². The molecule has 0 bridgehead atoms. The molecule has 0 atom stereocenters. The van der Waals surface area contributed by atoms with Gasteiger partial charge in [-0.25, -0.2) is 9.37 Å². The highest BCUT2D eigenvalue weighted by molar-refractivity contribution is 6.35. The van der Waals surface area contributed by atoms with Crippen LogP contribution < -0.4 is 5.56 Å². The zero-order chi connectivity index (χ0) is 11.0. The molecular formula is C10H8ClFN2O. The number of nitrogens with one attached hydrogen (secondary N) is 1. The van der Waals surface area contributed by atoms with Gasteiger partial charge in [-0.2, -0.15) is 0 Å². The predicted octanol–water partition coefficient (Wildman–Crippen LogP) is 2.28. The van der Waals surface area contributed by atoms with Crippen LogP contribution in [-0.4, -0.2) is 9.97 Å². The smallest absolute Gasteiger partial charge is 0.258 e. The summed E-state index contributed by atoms with van der Waals surface area (Å²) in [6, 6.07) is 2.28. The molecule has 0 radical (unpaired) electrons. The number of rotatable bonds is 1. The minimum atomic E-state index is -0.538. The third kappa shape index (κ3) is 1.72. The Morgan fingerprint density at radius 2 is 2.27 bits per heavy atom. The number of aromatic amines is 1. The molecule has 0 fully saturated rings. The molecule has 78 valence electrons. The summed E-state index contributed by atoms with van der Waals surface area (Å²) in [4.78, 5) is 18.2. The number of nitrogens with zero attached hydrogens (tertiary/aromatic N) is 1. The predicted molar refractivity (Wildman–Crippen MR) is 56.7 cm³/mol. The number of fused-ring (bicyclic) bond motifs is 1. The maximum atomic E-state index is 13.0. The second-order valence-electron chi connectivity index (χ2n) is 3.15. The first-order valence-corrected chi connectivity index (χ1v) is 4.87. The second-order valence-corrected chi connectivity index (χ2v) is 3.56. The molecule has 0 aliphatic carbocycles. The molecular weight excluding hydrogens is 219 g/mol. The molecule has 3 nitrogen and oxygen atoms in total. The summed E-state index contributed by atoms with van der Waals surface area (Å²) in [7, 11) is 0. The number of halogens is 2. The van der Waals surface area contributed by atoms with E-state index in [1.54, 1.807) is 0 Å². The zero-order valence-corrected chi connectivity index (χ0v) is 8.73. The van der Waals surface area contributed by atoms with Crippen molar-refractivity contribution in [3.05, 3.63) is 39.2 Å². The Kier molecular flexibility index (Phi) is 2.44. The van der Waals surface area contributed by atoms with Crippen LogP contribution in [0.25, 0.3) is 10.9 Å². The molecule has 0 aliphatic heterocycles. The van der Waals surface area contributed by atoms with Crippen molar-refractivity contribution in [1.82, 2.24) is 9.97 Å². The zero-order valence-electron chi connectivity index (χ0n) is 7.97. The van der Waals surface area contributed by atoms with Gasteiger partial charge in [0.15, 0.2) is 0 Å². The van der Waals surface area contributed by atoms with E-state index >= 15 is 0 Å². The van der Waals surface area contributed by atoms with Crippen molar-refractivity contribution in [2.45, 2.75) is 13.3 Å². The van der Waals surface area contributed by atoms with Crippen molar-refractivity contribution in [1.29, 1.82) is 0 Å². The van der Waals surface area contributed by atoms with Gasteiger partial charge >= 0.3 is 0 Å². The van der Waals surface area contributed by atoms with Gasteiger partial charge in [-0.3, -0.25) is 4.79 Å². The summed E-state index contributed by atoms with van der Waals surface area (Å²) in [5.74, 6) is 0.00468. The number of hydrogen-bond acceptors (Lipinski definition) is 2. The Hall–Kier alpha value is -1.42. The van der Waals surface area contributed by atoms with E-state index in [4.69, 9.17) is 11.6 Å². The van der Waals surface area contributed by atoms with E-state index in [2.05, 4.69) is 9.97 Å². The van der Waals surface area contributed by atoms with Gasteiger partial charge in [-0.15, -0.1) is 0 Å². The fraction of sp³-hybridized carbons (Fsp3) is 0.200. The van der Waals surface area contributed by atoms with Crippen LogP contribution in [-0.2, 0) is 6.42 Å². The van der Waals surface area contributed by atoms with Gasteiger partial charge < -0.3 is 4.98 Å². The molecule has 5 heteroatoms. The topological polar surface area (TPSA) is 45.8 Å². The van der Waals surface area contributed by atoms with Gasteiger partial charge in [0, 0.05) is 6.42 Å². The summed E-state index contributed by atoms with van der Waals surface area (Å²) >= 11 is 5.81. The Morgan fingerprint density at radius 1 is 1.53 bits per heavy atom. The highest BCUT2D eigenvalue weighted by atomic mass is 35.5. The van der Waals surface area contributed by atoms with Crippen LogP contribution in [0.3, 0.4) is 0 Å². The molecule has 0 unspecified atom stereocenters. The Balaban J connectivity index is 2.91. The normalized spacial score (nSPS) is 10.9. The van der Waals surface area contributed by atoms with Crippen LogP contribution in [0.5, 0.6) is 0 Å². The van der Waals surface area contributed by atoms with Gasteiger partial charge in [0.05, 0.1) is 15.9 Å². The number of benzene rings is 1. The van der Waals surface area contributed by atoms with Crippen LogP contribution in [0.1, 0.15) is 12.7 Å². The molecule has 0 amide bonds. The van der Waals surface area contributed by atoms with Crippen LogP contribution in [0, 0.1) is 5.82 Å². The first kappa shape index (κ1) is 10.1. The maximum Gasteiger partial charge on any atom is 0.258 e. The third-order valence-electron chi connectivity index (χ3n) is 2.11. The van der Waals surface area contributed by atoms with E-state index in [0.717, 1.165) is 12.1 Å². The summed E-state index contributed by atoms with van der Waals surface area (Å²) < 4.78 is 13.0. The lowest BCUT2D eigenvalue weighted by Gasteiger charge is -2.02. The average Bonchev–Trinajstić information content (AvgIpc) is 2.19. The number of hydrogen-bond donors (Lipinski definition) is 1. The molecule has 0 spiro atoms. The first-order chi connectivity index (χ1) is 7.11. The minimum Gasteiger partial charge on any atom is -0.310 e. The monoisotopic (exact) mass is 226 g/mol. The Morgan fingerprint density at radius 3 is 2.93 bits per heavy atom. The SMILES string of the molecule is CCc1nc2c(Cl)cc(F)cc2c(=O)[nH]1. The molecule has 1 heterocycles. The number of H-pyrrole nitrogens is 1. The fourth-order valence-corrected chi connectivity index (χ4v) is 1.63. The molecule has 0 saturated carbocycles. The average molecular weight is 227 g/mol. The van der Waals surface area contributed by atoms with Crippen LogP contribution in [0.15, 0.2) is 16.9 Å². The second kappa shape index (κ2) is 3.62. The van der Waals surface area contributed by atoms with Crippen molar-refractivity contribution in [3.63, 3.8) is 0 Å². The summed E-state index contributed by atoms with van der Waals surface area (Å²) in [6.07, 6.45) is 0.596. The summed E-state index contributed by atoms with van der Waals surface area (Å²) in [5.41, 5.74) is -0.0167. The fourth-order valence-electron chi connectivity index (χ4n) is 1.38. The molecule has 2 rings (SSSR count).